The molecule has 0 saturated heterocycles. The van der Waals surface area contributed by atoms with Crippen LogP contribution >= 0.6 is 11.6 Å². The highest BCUT2D eigenvalue weighted by molar-refractivity contribution is 6.30. The van der Waals surface area contributed by atoms with Crippen LogP contribution in [-0.2, 0) is 0 Å². The number of hydrogen-bond acceptors (Lipinski definition) is 3. The average molecular weight is 367 g/mol. The molecular formula is C18H20ClFN2O3. The summed E-state index contributed by atoms with van der Waals surface area (Å²) in [5.41, 5.74) is 6.62. The lowest BCUT2D eigenvalue weighted by Crippen LogP contribution is -2.36. The summed E-state index contributed by atoms with van der Waals surface area (Å²) < 4.78 is 19.1. The molecule has 0 fully saturated rings. The van der Waals surface area contributed by atoms with E-state index in [-0.39, 0.29) is 10.8 Å². The fourth-order valence-electron chi connectivity index (χ4n) is 2.47. The van der Waals surface area contributed by atoms with E-state index in [2.05, 4.69) is 5.32 Å². The SMILES string of the molecule is CC(C)(C)C(NC(=O)O)c1cc(Oc2cc(F)cc(Cl)c2)ccc1N. The molecule has 0 spiro atoms. The zero-order chi connectivity index (χ0) is 18.8. The summed E-state index contributed by atoms with van der Waals surface area (Å²) in [4.78, 5) is 11.2. The molecule has 0 radical (unpaired) electrons. The number of rotatable bonds is 4. The first-order valence-electron chi connectivity index (χ1n) is 7.59. The molecule has 1 unspecified atom stereocenters. The van der Waals surface area contributed by atoms with Gasteiger partial charge in [-0.2, -0.15) is 0 Å². The molecule has 0 saturated carbocycles. The number of benzene rings is 2. The summed E-state index contributed by atoms with van der Waals surface area (Å²) in [5, 5.41) is 11.8. The van der Waals surface area contributed by atoms with Gasteiger partial charge in [0.2, 0.25) is 0 Å². The predicted molar refractivity (Wildman–Crippen MR) is 95.7 cm³/mol. The van der Waals surface area contributed by atoms with Gasteiger partial charge in [-0.1, -0.05) is 32.4 Å². The number of nitrogens with two attached hydrogens (primary N) is 1. The maximum Gasteiger partial charge on any atom is 0.405 e. The Kier molecular flexibility index (Phi) is 5.42. The van der Waals surface area contributed by atoms with Crippen LogP contribution in [0.3, 0.4) is 0 Å². The third kappa shape index (κ3) is 5.00. The molecule has 4 N–H and O–H groups in total. The topological polar surface area (TPSA) is 84.6 Å². The summed E-state index contributed by atoms with van der Waals surface area (Å²) in [5.74, 6) is 0.116. The number of anilines is 1. The second-order valence-electron chi connectivity index (χ2n) is 6.75. The summed E-state index contributed by atoms with van der Waals surface area (Å²) in [7, 11) is 0. The Labute approximate surface area is 150 Å². The minimum absolute atomic E-state index is 0.214. The van der Waals surface area contributed by atoms with Gasteiger partial charge in [-0.3, -0.25) is 0 Å². The van der Waals surface area contributed by atoms with Crippen molar-refractivity contribution in [3.8, 4) is 11.5 Å². The zero-order valence-electron chi connectivity index (χ0n) is 14.1. The van der Waals surface area contributed by atoms with Crippen molar-refractivity contribution in [3.05, 3.63) is 52.8 Å². The molecule has 134 valence electrons. The molecule has 0 aromatic heterocycles. The fourth-order valence-corrected chi connectivity index (χ4v) is 2.69. The molecule has 25 heavy (non-hydrogen) atoms. The third-order valence-electron chi connectivity index (χ3n) is 3.57. The number of ether oxygens (including phenoxy) is 1. The van der Waals surface area contributed by atoms with Crippen molar-refractivity contribution in [1.29, 1.82) is 0 Å². The van der Waals surface area contributed by atoms with Crippen molar-refractivity contribution in [2.45, 2.75) is 26.8 Å². The molecule has 0 aliphatic heterocycles. The number of nitrogen functional groups attached to an aromatic ring is 1. The third-order valence-corrected chi connectivity index (χ3v) is 3.79. The molecule has 2 aromatic rings. The Balaban J connectivity index is 2.40. The van der Waals surface area contributed by atoms with Gasteiger partial charge in [0.1, 0.15) is 17.3 Å². The van der Waals surface area contributed by atoms with Crippen molar-refractivity contribution in [1.82, 2.24) is 5.32 Å². The van der Waals surface area contributed by atoms with Crippen molar-refractivity contribution in [2.24, 2.45) is 5.41 Å². The highest BCUT2D eigenvalue weighted by atomic mass is 35.5. The Hall–Kier alpha value is -2.47. The number of nitrogens with one attached hydrogen (secondary N) is 1. The molecule has 5 nitrogen and oxygen atoms in total. The lowest BCUT2D eigenvalue weighted by molar-refractivity contribution is 0.175. The first-order chi connectivity index (χ1) is 11.6. The normalized spacial score (nSPS) is 12.5. The van der Waals surface area contributed by atoms with Crippen LogP contribution in [0.25, 0.3) is 0 Å². The number of amides is 1. The summed E-state index contributed by atoms with van der Waals surface area (Å²) in [6, 6.07) is 8.20. The lowest BCUT2D eigenvalue weighted by atomic mass is 9.81. The van der Waals surface area contributed by atoms with E-state index < -0.39 is 23.4 Å². The highest BCUT2D eigenvalue weighted by Crippen LogP contribution is 2.38. The first kappa shape index (κ1) is 18.9. The molecule has 7 heteroatoms. The van der Waals surface area contributed by atoms with Gasteiger partial charge in [0.25, 0.3) is 0 Å². The fraction of sp³-hybridized carbons (Fsp3) is 0.278. The van der Waals surface area contributed by atoms with E-state index in [1.165, 1.54) is 18.2 Å². The number of carbonyl (C=O) groups is 1. The molecule has 1 amide bonds. The van der Waals surface area contributed by atoms with Crippen LogP contribution in [0, 0.1) is 11.2 Å². The molecule has 2 aromatic carbocycles. The largest absolute Gasteiger partial charge is 0.465 e. The van der Waals surface area contributed by atoms with Crippen LogP contribution in [0.4, 0.5) is 14.9 Å². The van der Waals surface area contributed by atoms with Crippen molar-refractivity contribution >= 4 is 23.4 Å². The van der Waals surface area contributed by atoms with Crippen LogP contribution in [0.15, 0.2) is 36.4 Å². The van der Waals surface area contributed by atoms with Crippen molar-refractivity contribution in [3.63, 3.8) is 0 Å². The Morgan fingerprint density at radius 1 is 1.24 bits per heavy atom. The standard InChI is InChI=1S/C18H20ClFN2O3/c1-18(2,3)16(22-17(23)24)14-9-12(4-5-15(14)21)25-13-7-10(19)6-11(20)8-13/h4-9,16,22H,21H2,1-3H3,(H,23,24). The monoisotopic (exact) mass is 366 g/mol. The van der Waals surface area contributed by atoms with E-state index in [1.807, 2.05) is 20.8 Å². The Bertz CT molecular complexity index is 770. The van der Waals surface area contributed by atoms with Crippen LogP contribution < -0.4 is 15.8 Å². The number of carboxylic acid groups (broad SMARTS) is 1. The second kappa shape index (κ2) is 7.19. The van der Waals surface area contributed by atoms with E-state index in [9.17, 15) is 9.18 Å². The van der Waals surface area contributed by atoms with Crippen LogP contribution in [0.1, 0.15) is 32.4 Å². The van der Waals surface area contributed by atoms with Gasteiger partial charge in [-0.25, -0.2) is 9.18 Å². The smallest absolute Gasteiger partial charge is 0.405 e. The van der Waals surface area contributed by atoms with E-state index in [0.29, 0.717) is 17.0 Å². The maximum absolute atomic E-state index is 13.4. The lowest BCUT2D eigenvalue weighted by Gasteiger charge is -2.32. The molecular weight excluding hydrogens is 347 g/mol. The van der Waals surface area contributed by atoms with E-state index >= 15 is 0 Å². The molecule has 1 atom stereocenters. The van der Waals surface area contributed by atoms with Crippen LogP contribution in [0.5, 0.6) is 11.5 Å². The predicted octanol–water partition coefficient (Wildman–Crippen LogP) is 5.21. The molecule has 0 bridgehead atoms. The van der Waals surface area contributed by atoms with Gasteiger partial charge >= 0.3 is 6.09 Å². The zero-order valence-corrected chi connectivity index (χ0v) is 14.9. The summed E-state index contributed by atoms with van der Waals surface area (Å²) in [6.07, 6.45) is -1.15. The Morgan fingerprint density at radius 3 is 2.48 bits per heavy atom. The van der Waals surface area contributed by atoms with Gasteiger partial charge in [0, 0.05) is 22.3 Å². The second-order valence-corrected chi connectivity index (χ2v) is 7.18. The van der Waals surface area contributed by atoms with Crippen LogP contribution in [0.2, 0.25) is 5.02 Å². The quantitative estimate of drug-likeness (QED) is 0.648. The Morgan fingerprint density at radius 2 is 1.92 bits per heavy atom. The molecule has 0 aliphatic rings. The van der Waals surface area contributed by atoms with E-state index in [4.69, 9.17) is 27.2 Å². The average Bonchev–Trinajstić information content (AvgIpc) is 2.44. The van der Waals surface area contributed by atoms with Crippen LogP contribution in [-0.4, -0.2) is 11.2 Å². The number of hydrogen-bond donors (Lipinski definition) is 3. The van der Waals surface area contributed by atoms with E-state index in [1.54, 1.807) is 18.2 Å². The molecule has 2 rings (SSSR count). The minimum Gasteiger partial charge on any atom is -0.465 e. The number of halogens is 2. The highest BCUT2D eigenvalue weighted by Gasteiger charge is 2.29. The summed E-state index contributed by atoms with van der Waals surface area (Å²) >= 11 is 5.83. The summed E-state index contributed by atoms with van der Waals surface area (Å²) in [6.45, 7) is 5.69. The van der Waals surface area contributed by atoms with Gasteiger partial charge in [-0.05, 0) is 35.7 Å². The van der Waals surface area contributed by atoms with E-state index in [0.717, 1.165) is 0 Å². The van der Waals surface area contributed by atoms with Crippen molar-refractivity contribution < 1.29 is 19.0 Å². The van der Waals surface area contributed by atoms with Gasteiger partial charge in [0.05, 0.1) is 6.04 Å². The van der Waals surface area contributed by atoms with Gasteiger partial charge in [-0.15, -0.1) is 0 Å². The molecule has 0 aliphatic carbocycles. The molecule has 0 heterocycles. The van der Waals surface area contributed by atoms with Crippen molar-refractivity contribution in [2.75, 3.05) is 5.73 Å². The van der Waals surface area contributed by atoms with Gasteiger partial charge < -0.3 is 20.9 Å². The maximum atomic E-state index is 13.4. The minimum atomic E-state index is -1.15. The van der Waals surface area contributed by atoms with Gasteiger partial charge in [0.15, 0.2) is 0 Å². The first-order valence-corrected chi connectivity index (χ1v) is 7.97.